The molecule has 0 heterocycles. The molecule has 0 aromatic heterocycles. The minimum atomic E-state index is -0.190. The maximum Gasteiger partial charge on any atom is 0.271 e. The van der Waals surface area contributed by atoms with Crippen molar-refractivity contribution in [1.82, 2.24) is 5.43 Å². The zero-order valence-corrected chi connectivity index (χ0v) is 17.5. The fourth-order valence-electron chi connectivity index (χ4n) is 2.88. The lowest BCUT2D eigenvalue weighted by atomic mass is 9.87. The lowest BCUT2D eigenvalue weighted by Crippen LogP contribution is -2.18. The number of allylic oxidation sites excluding steroid dienone is 1. The molecule has 0 radical (unpaired) electrons. The zero-order chi connectivity index (χ0) is 20.4. The number of carbonyl (C=O) groups is 1. The van der Waals surface area contributed by atoms with Crippen molar-refractivity contribution < 1.29 is 4.79 Å². The van der Waals surface area contributed by atoms with Crippen LogP contribution in [0.4, 0.5) is 0 Å². The SMILES string of the molecule is CCCCCC(C=NNC(=O)c1ccc(C(C)(C)C)cc1)=Cc1ccccc1. The van der Waals surface area contributed by atoms with Crippen molar-refractivity contribution in [3.8, 4) is 0 Å². The minimum absolute atomic E-state index is 0.0722. The number of benzene rings is 2. The first-order valence-corrected chi connectivity index (χ1v) is 10.1. The molecule has 0 unspecified atom stereocenters. The maximum atomic E-state index is 12.4. The lowest BCUT2D eigenvalue weighted by Gasteiger charge is -2.18. The molecule has 0 aliphatic heterocycles. The Morgan fingerprint density at radius 1 is 1.00 bits per heavy atom. The van der Waals surface area contributed by atoms with Gasteiger partial charge in [-0.15, -0.1) is 0 Å². The fraction of sp³-hybridized carbons (Fsp3) is 0.360. The number of carbonyl (C=O) groups excluding carboxylic acids is 1. The first kappa shape index (κ1) is 21.6. The summed E-state index contributed by atoms with van der Waals surface area (Å²) in [5.41, 5.74) is 6.80. The number of rotatable bonds is 8. The molecule has 148 valence electrons. The van der Waals surface area contributed by atoms with Gasteiger partial charge in [0.2, 0.25) is 0 Å². The van der Waals surface area contributed by atoms with Crippen LogP contribution in [-0.2, 0) is 5.41 Å². The van der Waals surface area contributed by atoms with Crippen LogP contribution in [0.1, 0.15) is 74.9 Å². The summed E-state index contributed by atoms with van der Waals surface area (Å²) in [5, 5.41) is 4.20. The van der Waals surface area contributed by atoms with E-state index in [9.17, 15) is 4.79 Å². The van der Waals surface area contributed by atoms with Crippen molar-refractivity contribution in [3.05, 3.63) is 76.9 Å². The Hall–Kier alpha value is -2.68. The topological polar surface area (TPSA) is 41.5 Å². The van der Waals surface area contributed by atoms with Crippen molar-refractivity contribution in [3.63, 3.8) is 0 Å². The highest BCUT2D eigenvalue weighted by Crippen LogP contribution is 2.22. The summed E-state index contributed by atoms with van der Waals surface area (Å²) in [6.07, 6.45) is 8.32. The molecule has 0 spiro atoms. The van der Waals surface area contributed by atoms with Crippen LogP contribution in [0.5, 0.6) is 0 Å². The molecule has 2 rings (SSSR count). The quantitative estimate of drug-likeness (QED) is 0.325. The van der Waals surface area contributed by atoms with E-state index in [4.69, 9.17) is 0 Å². The molecule has 0 aliphatic rings. The Labute approximate surface area is 169 Å². The molecule has 1 amide bonds. The molecular formula is C25H32N2O. The van der Waals surface area contributed by atoms with Gasteiger partial charge in [0.1, 0.15) is 0 Å². The highest BCUT2D eigenvalue weighted by Gasteiger charge is 2.14. The van der Waals surface area contributed by atoms with Gasteiger partial charge in [0, 0.05) is 5.56 Å². The lowest BCUT2D eigenvalue weighted by molar-refractivity contribution is 0.0955. The summed E-state index contributed by atoms with van der Waals surface area (Å²) in [5.74, 6) is -0.190. The first-order valence-electron chi connectivity index (χ1n) is 10.1. The Balaban J connectivity index is 2.03. The number of hydrogen-bond donors (Lipinski definition) is 1. The second-order valence-electron chi connectivity index (χ2n) is 8.11. The van der Waals surface area contributed by atoms with Crippen LogP contribution >= 0.6 is 0 Å². The largest absolute Gasteiger partial charge is 0.271 e. The molecule has 0 atom stereocenters. The highest BCUT2D eigenvalue weighted by atomic mass is 16.2. The van der Waals surface area contributed by atoms with Gasteiger partial charge in [0.05, 0.1) is 6.21 Å². The summed E-state index contributed by atoms with van der Waals surface area (Å²) in [6.45, 7) is 8.67. The van der Waals surface area contributed by atoms with Gasteiger partial charge < -0.3 is 0 Å². The van der Waals surface area contributed by atoms with Crippen LogP contribution in [-0.4, -0.2) is 12.1 Å². The standard InChI is InChI=1S/C25H32N2O/c1-5-6-8-13-21(18-20-11-9-7-10-12-20)19-26-27-24(28)22-14-16-23(17-15-22)25(2,3)4/h7,9-12,14-19H,5-6,8,13H2,1-4H3,(H,27,28). The van der Waals surface area contributed by atoms with Gasteiger partial charge in [-0.1, -0.05) is 89.1 Å². The molecule has 0 saturated heterocycles. The average Bonchev–Trinajstić information content (AvgIpc) is 2.68. The molecule has 0 fully saturated rings. The third-order valence-electron chi connectivity index (χ3n) is 4.63. The monoisotopic (exact) mass is 376 g/mol. The molecule has 0 saturated carbocycles. The number of amides is 1. The highest BCUT2D eigenvalue weighted by molar-refractivity contribution is 5.95. The van der Waals surface area contributed by atoms with Crippen molar-refractivity contribution in [1.29, 1.82) is 0 Å². The number of hydrogen-bond acceptors (Lipinski definition) is 2. The molecule has 1 N–H and O–H groups in total. The second-order valence-corrected chi connectivity index (χ2v) is 8.11. The summed E-state index contributed by atoms with van der Waals surface area (Å²) >= 11 is 0. The number of hydrazone groups is 1. The number of nitrogens with one attached hydrogen (secondary N) is 1. The van der Waals surface area contributed by atoms with Gasteiger partial charge in [-0.2, -0.15) is 5.10 Å². The van der Waals surface area contributed by atoms with Crippen LogP contribution in [0.25, 0.3) is 6.08 Å². The molecule has 2 aromatic rings. The van der Waals surface area contributed by atoms with Crippen LogP contribution in [0.2, 0.25) is 0 Å². The van der Waals surface area contributed by atoms with E-state index in [0.717, 1.165) is 24.0 Å². The van der Waals surface area contributed by atoms with E-state index < -0.39 is 0 Å². The molecule has 28 heavy (non-hydrogen) atoms. The van der Waals surface area contributed by atoms with Gasteiger partial charge >= 0.3 is 0 Å². The van der Waals surface area contributed by atoms with E-state index in [0.29, 0.717) is 5.56 Å². The van der Waals surface area contributed by atoms with E-state index >= 15 is 0 Å². The third kappa shape index (κ3) is 7.15. The van der Waals surface area contributed by atoms with Gasteiger partial charge in [-0.3, -0.25) is 4.79 Å². The maximum absolute atomic E-state index is 12.4. The third-order valence-corrected chi connectivity index (χ3v) is 4.63. The number of unbranched alkanes of at least 4 members (excludes halogenated alkanes) is 2. The minimum Gasteiger partial charge on any atom is -0.267 e. The van der Waals surface area contributed by atoms with Crippen LogP contribution < -0.4 is 5.43 Å². The van der Waals surface area contributed by atoms with Gasteiger partial charge in [0.25, 0.3) is 5.91 Å². The van der Waals surface area contributed by atoms with Crippen LogP contribution in [0.3, 0.4) is 0 Å². The molecule has 0 bridgehead atoms. The first-order chi connectivity index (χ1) is 13.4. The van der Waals surface area contributed by atoms with Gasteiger partial charge in [-0.05, 0) is 47.1 Å². The van der Waals surface area contributed by atoms with E-state index in [1.165, 1.54) is 18.4 Å². The Bertz CT molecular complexity index is 797. The zero-order valence-electron chi connectivity index (χ0n) is 17.5. The fourth-order valence-corrected chi connectivity index (χ4v) is 2.88. The predicted octanol–water partition coefficient (Wildman–Crippen LogP) is 6.36. The molecule has 2 aromatic carbocycles. The van der Waals surface area contributed by atoms with Gasteiger partial charge in [-0.25, -0.2) is 5.43 Å². The molecule has 3 heteroatoms. The van der Waals surface area contributed by atoms with Crippen molar-refractivity contribution in [2.75, 3.05) is 0 Å². The van der Waals surface area contributed by atoms with E-state index in [1.807, 2.05) is 42.5 Å². The summed E-state index contributed by atoms with van der Waals surface area (Å²) in [4.78, 5) is 12.4. The Morgan fingerprint density at radius 3 is 2.29 bits per heavy atom. The van der Waals surface area contributed by atoms with Crippen molar-refractivity contribution in [2.45, 2.75) is 58.8 Å². The van der Waals surface area contributed by atoms with Crippen molar-refractivity contribution >= 4 is 18.2 Å². The Morgan fingerprint density at radius 2 is 1.68 bits per heavy atom. The summed E-state index contributed by atoms with van der Waals surface area (Å²) in [6, 6.07) is 17.9. The molecule has 3 nitrogen and oxygen atoms in total. The average molecular weight is 377 g/mol. The van der Waals surface area contributed by atoms with E-state index in [-0.39, 0.29) is 11.3 Å². The molecular weight excluding hydrogens is 344 g/mol. The Kier molecular flexibility index (Phi) is 8.19. The van der Waals surface area contributed by atoms with E-state index in [2.05, 4.69) is 56.4 Å². The van der Waals surface area contributed by atoms with E-state index in [1.54, 1.807) is 6.21 Å². The van der Waals surface area contributed by atoms with Crippen LogP contribution in [0.15, 0.2) is 65.3 Å². The smallest absolute Gasteiger partial charge is 0.267 e. The second kappa shape index (κ2) is 10.6. The van der Waals surface area contributed by atoms with Crippen LogP contribution in [0, 0.1) is 0 Å². The normalized spacial score (nSPS) is 12.4. The summed E-state index contributed by atoms with van der Waals surface area (Å²) < 4.78 is 0. The summed E-state index contributed by atoms with van der Waals surface area (Å²) in [7, 11) is 0. The molecule has 0 aliphatic carbocycles. The van der Waals surface area contributed by atoms with Crippen molar-refractivity contribution in [2.24, 2.45) is 5.10 Å². The predicted molar refractivity (Wildman–Crippen MR) is 120 cm³/mol. The van der Waals surface area contributed by atoms with Gasteiger partial charge in [0.15, 0.2) is 0 Å². The number of nitrogens with zero attached hydrogens (tertiary/aromatic N) is 1.